The van der Waals surface area contributed by atoms with E-state index in [-0.39, 0.29) is 5.96 Å². The van der Waals surface area contributed by atoms with Crippen molar-refractivity contribution in [3.05, 3.63) is 23.8 Å². The molecular formula is C13H20N4O6S. The van der Waals surface area contributed by atoms with E-state index in [0.717, 1.165) is 44.2 Å². The van der Waals surface area contributed by atoms with Crippen LogP contribution in [0.1, 0.15) is 5.56 Å². The van der Waals surface area contributed by atoms with Gasteiger partial charge in [-0.3, -0.25) is 19.4 Å². The molecular weight excluding hydrogens is 340 g/mol. The molecule has 1 aromatic carbocycles. The number of nitrogens with one attached hydrogen (secondary N) is 1. The summed E-state index contributed by atoms with van der Waals surface area (Å²) in [4.78, 5) is 4.26. The molecule has 3 rings (SSSR count). The minimum Gasteiger partial charge on any atom is -0.454 e. The number of benzene rings is 1. The summed E-state index contributed by atoms with van der Waals surface area (Å²) in [6, 6.07) is 6.08. The summed E-state index contributed by atoms with van der Waals surface area (Å²) in [6.45, 7) is 4.69. The third kappa shape index (κ3) is 5.85. The molecule has 0 aliphatic carbocycles. The molecule has 0 radical (unpaired) electrons. The van der Waals surface area contributed by atoms with Crippen LogP contribution in [0.2, 0.25) is 0 Å². The smallest absolute Gasteiger partial charge is 0.394 e. The number of fused-ring (bicyclic) bond motifs is 1. The Balaban J connectivity index is 0.000000368. The molecule has 11 heteroatoms. The Kier molecular flexibility index (Phi) is 5.83. The zero-order chi connectivity index (χ0) is 17.7. The van der Waals surface area contributed by atoms with Crippen molar-refractivity contribution in [3.63, 3.8) is 0 Å². The maximum absolute atomic E-state index is 8.74. The predicted molar refractivity (Wildman–Crippen MR) is 85.5 cm³/mol. The van der Waals surface area contributed by atoms with Gasteiger partial charge < -0.3 is 20.1 Å². The first-order valence-electron chi connectivity index (χ1n) is 7.12. The Morgan fingerprint density at radius 1 is 1.17 bits per heavy atom. The van der Waals surface area contributed by atoms with Gasteiger partial charge in [0.05, 0.1) is 0 Å². The average Bonchev–Trinajstić information content (AvgIpc) is 2.93. The van der Waals surface area contributed by atoms with Gasteiger partial charge in [-0.25, -0.2) is 0 Å². The summed E-state index contributed by atoms with van der Waals surface area (Å²) in [7, 11) is -4.67. The molecule has 1 saturated heterocycles. The van der Waals surface area contributed by atoms with E-state index in [0.29, 0.717) is 6.79 Å². The van der Waals surface area contributed by atoms with Crippen molar-refractivity contribution in [1.29, 1.82) is 5.41 Å². The van der Waals surface area contributed by atoms with Crippen LogP contribution in [0.25, 0.3) is 0 Å². The number of hydrogen-bond donors (Lipinski definition) is 4. The first kappa shape index (κ1) is 18.3. The van der Waals surface area contributed by atoms with Gasteiger partial charge in [0.2, 0.25) is 6.79 Å². The molecule has 2 aliphatic rings. The minimum atomic E-state index is -4.67. The maximum atomic E-state index is 8.74. The predicted octanol–water partition coefficient (Wildman–Crippen LogP) is -0.226. The normalized spacial score (nSPS) is 17.2. The Morgan fingerprint density at radius 2 is 1.75 bits per heavy atom. The highest BCUT2D eigenvalue weighted by atomic mass is 32.3. The standard InChI is InChI=1S/C13H18N4O2.H2O4S/c14-13(15)17-5-3-16(4-6-17)8-10-1-2-11-12(7-10)19-9-18-11;1-5(2,3)4/h1-2,7H,3-6,8-9H2,(H3,14,15);(H2,1,2,3,4). The van der Waals surface area contributed by atoms with E-state index < -0.39 is 10.4 Å². The van der Waals surface area contributed by atoms with Crippen molar-refractivity contribution >= 4 is 16.4 Å². The first-order valence-corrected chi connectivity index (χ1v) is 8.52. The molecule has 2 heterocycles. The molecule has 0 spiro atoms. The number of guanidine groups is 1. The van der Waals surface area contributed by atoms with Gasteiger partial charge in [-0.1, -0.05) is 6.07 Å². The van der Waals surface area contributed by atoms with Gasteiger partial charge in [0, 0.05) is 32.7 Å². The van der Waals surface area contributed by atoms with Crippen LogP contribution < -0.4 is 15.2 Å². The van der Waals surface area contributed by atoms with Crippen molar-refractivity contribution in [2.75, 3.05) is 33.0 Å². The Morgan fingerprint density at radius 3 is 2.33 bits per heavy atom. The number of rotatable bonds is 2. The molecule has 1 aromatic rings. The monoisotopic (exact) mass is 360 g/mol. The zero-order valence-electron chi connectivity index (χ0n) is 12.9. The zero-order valence-corrected chi connectivity index (χ0v) is 13.7. The molecule has 0 atom stereocenters. The Bertz CT molecular complexity index is 680. The van der Waals surface area contributed by atoms with Crippen molar-refractivity contribution in [2.45, 2.75) is 6.54 Å². The lowest BCUT2D eigenvalue weighted by molar-refractivity contribution is 0.172. The summed E-state index contributed by atoms with van der Waals surface area (Å²) in [5.41, 5.74) is 6.71. The summed E-state index contributed by atoms with van der Waals surface area (Å²) in [5.74, 6) is 1.83. The lowest BCUT2D eigenvalue weighted by Gasteiger charge is -2.34. The van der Waals surface area contributed by atoms with E-state index in [1.807, 2.05) is 17.0 Å². The average molecular weight is 360 g/mol. The fourth-order valence-electron chi connectivity index (χ4n) is 2.44. The van der Waals surface area contributed by atoms with Gasteiger partial charge in [-0.2, -0.15) is 8.42 Å². The summed E-state index contributed by atoms with van der Waals surface area (Å²) in [6.07, 6.45) is 0. The second-order valence-corrected chi connectivity index (χ2v) is 6.18. The van der Waals surface area contributed by atoms with E-state index in [2.05, 4.69) is 11.0 Å². The van der Waals surface area contributed by atoms with Crippen LogP contribution in [-0.2, 0) is 16.9 Å². The highest BCUT2D eigenvalue weighted by molar-refractivity contribution is 7.79. The van der Waals surface area contributed by atoms with E-state index >= 15 is 0 Å². The third-order valence-electron chi connectivity index (χ3n) is 3.56. The van der Waals surface area contributed by atoms with Gasteiger partial charge in [0.25, 0.3) is 0 Å². The quantitative estimate of drug-likeness (QED) is 0.319. The van der Waals surface area contributed by atoms with Crippen LogP contribution in [0.15, 0.2) is 18.2 Å². The molecule has 134 valence electrons. The van der Waals surface area contributed by atoms with Gasteiger partial charge in [0.15, 0.2) is 17.5 Å². The van der Waals surface area contributed by atoms with Crippen LogP contribution >= 0.6 is 0 Å². The SMILES string of the molecule is N=C(N)N1CCN(Cc2ccc3c(c2)OCO3)CC1.O=S(=O)(O)O. The van der Waals surface area contributed by atoms with Crippen molar-refractivity contribution < 1.29 is 27.0 Å². The molecule has 5 N–H and O–H groups in total. The minimum absolute atomic E-state index is 0.169. The van der Waals surface area contributed by atoms with Crippen LogP contribution in [0.3, 0.4) is 0 Å². The summed E-state index contributed by atoms with van der Waals surface area (Å²) >= 11 is 0. The molecule has 10 nitrogen and oxygen atoms in total. The largest absolute Gasteiger partial charge is 0.454 e. The van der Waals surface area contributed by atoms with Crippen LogP contribution in [0, 0.1) is 5.41 Å². The molecule has 24 heavy (non-hydrogen) atoms. The van der Waals surface area contributed by atoms with Gasteiger partial charge in [-0.05, 0) is 17.7 Å². The summed E-state index contributed by atoms with van der Waals surface area (Å²) < 4.78 is 42.3. The van der Waals surface area contributed by atoms with E-state index in [9.17, 15) is 0 Å². The molecule has 1 fully saturated rings. The van der Waals surface area contributed by atoms with E-state index in [1.165, 1.54) is 5.56 Å². The lowest BCUT2D eigenvalue weighted by Crippen LogP contribution is -2.50. The van der Waals surface area contributed by atoms with Gasteiger partial charge >= 0.3 is 10.4 Å². The maximum Gasteiger partial charge on any atom is 0.394 e. The fourth-order valence-corrected chi connectivity index (χ4v) is 2.44. The van der Waals surface area contributed by atoms with Crippen LogP contribution in [0.4, 0.5) is 0 Å². The van der Waals surface area contributed by atoms with Crippen LogP contribution in [-0.4, -0.2) is 66.3 Å². The van der Waals surface area contributed by atoms with Crippen molar-refractivity contribution in [3.8, 4) is 11.5 Å². The number of nitrogens with two attached hydrogens (primary N) is 1. The number of hydrogen-bond acceptors (Lipinski definition) is 6. The molecule has 0 aromatic heterocycles. The van der Waals surface area contributed by atoms with E-state index in [4.69, 9.17) is 38.1 Å². The molecule has 0 saturated carbocycles. The third-order valence-corrected chi connectivity index (χ3v) is 3.56. The van der Waals surface area contributed by atoms with Crippen molar-refractivity contribution in [1.82, 2.24) is 9.80 Å². The number of nitrogens with zero attached hydrogens (tertiary/aromatic N) is 2. The first-order chi connectivity index (χ1) is 11.2. The number of piperazine rings is 1. The Hall–Kier alpha value is -2.08. The van der Waals surface area contributed by atoms with Crippen LogP contribution in [0.5, 0.6) is 11.5 Å². The number of ether oxygens (including phenoxy) is 2. The highest BCUT2D eigenvalue weighted by Crippen LogP contribution is 2.32. The Labute approximate surface area is 139 Å². The second kappa shape index (κ2) is 7.66. The van der Waals surface area contributed by atoms with Gasteiger partial charge in [0.1, 0.15) is 0 Å². The second-order valence-electron chi connectivity index (χ2n) is 5.28. The fraction of sp³-hybridized carbons (Fsp3) is 0.462. The van der Waals surface area contributed by atoms with Gasteiger partial charge in [-0.15, -0.1) is 0 Å². The molecule has 0 bridgehead atoms. The topological polar surface area (TPSA) is 149 Å². The lowest BCUT2D eigenvalue weighted by atomic mass is 10.1. The summed E-state index contributed by atoms with van der Waals surface area (Å²) in [5, 5.41) is 7.41. The molecule has 0 unspecified atom stereocenters. The van der Waals surface area contributed by atoms with Crippen molar-refractivity contribution in [2.24, 2.45) is 5.73 Å². The highest BCUT2D eigenvalue weighted by Gasteiger charge is 2.19. The molecule has 2 aliphatic heterocycles. The van der Waals surface area contributed by atoms with E-state index in [1.54, 1.807) is 0 Å². The molecule has 0 amide bonds.